The van der Waals surface area contributed by atoms with E-state index in [1.54, 1.807) is 0 Å². The minimum Gasteiger partial charge on any atom is -0.370 e. The second kappa shape index (κ2) is 6.66. The lowest BCUT2D eigenvalue weighted by Gasteiger charge is -2.15. The van der Waals surface area contributed by atoms with Crippen molar-refractivity contribution in [3.8, 4) is 11.3 Å². The lowest BCUT2D eigenvalue weighted by atomic mass is 10.1. The maximum atomic E-state index is 4.75. The molecule has 0 aromatic carbocycles. The number of nitrogens with one attached hydrogen (secondary N) is 1. The Balaban J connectivity index is 2.52. The van der Waals surface area contributed by atoms with E-state index in [4.69, 9.17) is 4.98 Å². The van der Waals surface area contributed by atoms with Crippen LogP contribution in [0.4, 0.5) is 5.82 Å². The highest BCUT2D eigenvalue weighted by molar-refractivity contribution is 5.67. The number of aromatic nitrogens is 3. The Bertz CT molecular complexity index is 603. The van der Waals surface area contributed by atoms with Crippen LogP contribution in [-0.2, 0) is 0 Å². The average molecular weight is 284 g/mol. The standard InChI is InChI=1S/C17H24N4/c1-6-9-18-17-13(5)15(20-16(21-17)11(2)3)14-8-7-12(4)19-10-14/h7-8,10-11H,6,9H2,1-5H3,(H,18,20,21). The van der Waals surface area contributed by atoms with Crippen LogP contribution in [0.5, 0.6) is 0 Å². The minimum absolute atomic E-state index is 0.296. The van der Waals surface area contributed by atoms with Crippen molar-refractivity contribution in [2.45, 2.75) is 47.0 Å². The van der Waals surface area contributed by atoms with Crippen molar-refractivity contribution in [3.63, 3.8) is 0 Å². The number of aryl methyl sites for hydroxylation is 1. The monoisotopic (exact) mass is 284 g/mol. The summed E-state index contributed by atoms with van der Waals surface area (Å²) < 4.78 is 0. The first-order valence-corrected chi connectivity index (χ1v) is 7.58. The Hall–Kier alpha value is -1.97. The van der Waals surface area contributed by atoms with Crippen molar-refractivity contribution < 1.29 is 0 Å². The molecular formula is C17H24N4. The summed E-state index contributed by atoms with van der Waals surface area (Å²) in [5.41, 5.74) is 4.11. The van der Waals surface area contributed by atoms with Gasteiger partial charge in [0.15, 0.2) is 0 Å². The molecule has 4 nitrogen and oxygen atoms in total. The molecular weight excluding hydrogens is 260 g/mol. The predicted molar refractivity (Wildman–Crippen MR) is 87.6 cm³/mol. The van der Waals surface area contributed by atoms with Gasteiger partial charge in [-0.3, -0.25) is 4.98 Å². The van der Waals surface area contributed by atoms with Crippen molar-refractivity contribution in [2.75, 3.05) is 11.9 Å². The van der Waals surface area contributed by atoms with Crippen LogP contribution in [0.15, 0.2) is 18.3 Å². The molecule has 0 saturated heterocycles. The second-order valence-electron chi connectivity index (χ2n) is 5.67. The smallest absolute Gasteiger partial charge is 0.133 e. The molecule has 2 rings (SSSR count). The van der Waals surface area contributed by atoms with Crippen LogP contribution in [0.25, 0.3) is 11.3 Å². The first kappa shape index (κ1) is 15.4. The number of hydrogen-bond acceptors (Lipinski definition) is 4. The van der Waals surface area contributed by atoms with Crippen molar-refractivity contribution >= 4 is 5.82 Å². The molecule has 2 aromatic heterocycles. The van der Waals surface area contributed by atoms with Crippen LogP contribution in [0.3, 0.4) is 0 Å². The molecule has 0 spiro atoms. The molecule has 4 heteroatoms. The van der Waals surface area contributed by atoms with E-state index in [1.165, 1.54) is 0 Å². The van der Waals surface area contributed by atoms with E-state index in [1.807, 2.05) is 19.2 Å². The van der Waals surface area contributed by atoms with Crippen LogP contribution in [-0.4, -0.2) is 21.5 Å². The lowest BCUT2D eigenvalue weighted by molar-refractivity contribution is 0.772. The molecule has 2 aromatic rings. The zero-order valence-electron chi connectivity index (χ0n) is 13.6. The molecule has 112 valence electrons. The highest BCUT2D eigenvalue weighted by Gasteiger charge is 2.14. The fraction of sp³-hybridized carbons (Fsp3) is 0.471. The van der Waals surface area contributed by atoms with Crippen LogP contribution in [0.1, 0.15) is 50.2 Å². The van der Waals surface area contributed by atoms with E-state index in [0.29, 0.717) is 5.92 Å². The SMILES string of the molecule is CCCNc1nc(C(C)C)nc(-c2ccc(C)nc2)c1C. The Morgan fingerprint density at radius 3 is 2.48 bits per heavy atom. The van der Waals surface area contributed by atoms with Crippen molar-refractivity contribution in [1.82, 2.24) is 15.0 Å². The van der Waals surface area contributed by atoms with E-state index in [0.717, 1.165) is 47.1 Å². The fourth-order valence-corrected chi connectivity index (χ4v) is 2.10. The molecule has 0 radical (unpaired) electrons. The Labute approximate surface area is 127 Å². The normalized spacial score (nSPS) is 11.0. The molecule has 2 heterocycles. The molecule has 1 N–H and O–H groups in total. The first-order valence-electron chi connectivity index (χ1n) is 7.58. The van der Waals surface area contributed by atoms with E-state index < -0.39 is 0 Å². The van der Waals surface area contributed by atoms with E-state index in [2.05, 4.69) is 49.0 Å². The van der Waals surface area contributed by atoms with Gasteiger partial charge < -0.3 is 5.32 Å². The van der Waals surface area contributed by atoms with Gasteiger partial charge in [-0.15, -0.1) is 0 Å². The Morgan fingerprint density at radius 2 is 1.90 bits per heavy atom. The molecule has 0 aliphatic rings. The van der Waals surface area contributed by atoms with Gasteiger partial charge in [0.2, 0.25) is 0 Å². The van der Waals surface area contributed by atoms with Gasteiger partial charge in [-0.25, -0.2) is 9.97 Å². The maximum absolute atomic E-state index is 4.75. The zero-order valence-corrected chi connectivity index (χ0v) is 13.6. The summed E-state index contributed by atoms with van der Waals surface area (Å²) >= 11 is 0. The Kier molecular flexibility index (Phi) is 4.89. The zero-order chi connectivity index (χ0) is 15.4. The summed E-state index contributed by atoms with van der Waals surface area (Å²) in [6.07, 6.45) is 2.96. The minimum atomic E-state index is 0.296. The number of rotatable bonds is 5. The summed E-state index contributed by atoms with van der Waals surface area (Å²) in [4.78, 5) is 13.8. The highest BCUT2D eigenvalue weighted by atomic mass is 15.0. The number of anilines is 1. The third-order valence-electron chi connectivity index (χ3n) is 3.41. The van der Waals surface area contributed by atoms with Crippen molar-refractivity contribution in [1.29, 1.82) is 0 Å². The van der Waals surface area contributed by atoms with Gasteiger partial charge in [0, 0.05) is 35.5 Å². The summed E-state index contributed by atoms with van der Waals surface area (Å²) in [5.74, 6) is 2.10. The fourth-order valence-electron chi connectivity index (χ4n) is 2.10. The number of nitrogens with zero attached hydrogens (tertiary/aromatic N) is 3. The molecule has 0 atom stereocenters. The van der Waals surface area contributed by atoms with Gasteiger partial charge in [0.25, 0.3) is 0 Å². The summed E-state index contributed by atoms with van der Waals surface area (Å²) in [5, 5.41) is 3.41. The highest BCUT2D eigenvalue weighted by Crippen LogP contribution is 2.27. The largest absolute Gasteiger partial charge is 0.370 e. The van der Waals surface area contributed by atoms with E-state index >= 15 is 0 Å². The van der Waals surface area contributed by atoms with E-state index in [9.17, 15) is 0 Å². The van der Waals surface area contributed by atoms with Gasteiger partial charge >= 0.3 is 0 Å². The first-order chi connectivity index (χ1) is 10.0. The third-order valence-corrected chi connectivity index (χ3v) is 3.41. The average Bonchev–Trinajstić information content (AvgIpc) is 2.47. The lowest BCUT2D eigenvalue weighted by Crippen LogP contribution is -2.10. The van der Waals surface area contributed by atoms with Crippen molar-refractivity contribution in [2.24, 2.45) is 0 Å². The second-order valence-corrected chi connectivity index (χ2v) is 5.67. The van der Waals surface area contributed by atoms with Gasteiger partial charge in [-0.05, 0) is 32.4 Å². The van der Waals surface area contributed by atoms with Gasteiger partial charge in [-0.2, -0.15) is 0 Å². The molecule has 0 bridgehead atoms. The summed E-state index contributed by atoms with van der Waals surface area (Å²) in [6.45, 7) is 11.4. The molecule has 0 aliphatic carbocycles. The van der Waals surface area contributed by atoms with Gasteiger partial charge in [0.1, 0.15) is 11.6 Å². The molecule has 21 heavy (non-hydrogen) atoms. The number of pyridine rings is 1. The van der Waals surface area contributed by atoms with Crippen LogP contribution in [0, 0.1) is 13.8 Å². The molecule has 0 amide bonds. The van der Waals surface area contributed by atoms with Crippen LogP contribution in [0.2, 0.25) is 0 Å². The van der Waals surface area contributed by atoms with Crippen LogP contribution >= 0.6 is 0 Å². The third kappa shape index (κ3) is 3.57. The number of hydrogen-bond donors (Lipinski definition) is 1. The van der Waals surface area contributed by atoms with Crippen molar-refractivity contribution in [3.05, 3.63) is 35.4 Å². The predicted octanol–water partition coefficient (Wildman–Crippen LogP) is 4.10. The van der Waals surface area contributed by atoms with Gasteiger partial charge in [-0.1, -0.05) is 20.8 Å². The van der Waals surface area contributed by atoms with Gasteiger partial charge in [0.05, 0.1) is 5.69 Å². The molecule has 0 fully saturated rings. The Morgan fingerprint density at radius 1 is 1.14 bits per heavy atom. The summed E-state index contributed by atoms with van der Waals surface area (Å²) in [6, 6.07) is 4.09. The molecule has 0 aliphatic heterocycles. The maximum Gasteiger partial charge on any atom is 0.133 e. The summed E-state index contributed by atoms with van der Waals surface area (Å²) in [7, 11) is 0. The quantitative estimate of drug-likeness (QED) is 0.898. The molecule has 0 saturated carbocycles. The van der Waals surface area contributed by atoms with Crippen LogP contribution < -0.4 is 5.32 Å². The topological polar surface area (TPSA) is 50.7 Å². The van der Waals surface area contributed by atoms with E-state index in [-0.39, 0.29) is 0 Å². The molecule has 0 unspecified atom stereocenters.